The lowest BCUT2D eigenvalue weighted by Crippen LogP contribution is -2.52. The molecular formula is C14H24N2O4. The van der Waals surface area contributed by atoms with Crippen molar-refractivity contribution in [3.63, 3.8) is 0 Å². The first kappa shape index (κ1) is 15.1. The average Bonchev–Trinajstić information content (AvgIpc) is 3.07. The predicted molar refractivity (Wildman–Crippen MR) is 72.7 cm³/mol. The topological polar surface area (TPSA) is 59.1 Å². The van der Waals surface area contributed by atoms with Crippen molar-refractivity contribution in [1.82, 2.24) is 10.0 Å². The highest BCUT2D eigenvalue weighted by atomic mass is 16.6. The molecule has 2 unspecified atom stereocenters. The summed E-state index contributed by atoms with van der Waals surface area (Å²) in [5.74, 6) is 0.457. The maximum atomic E-state index is 12.4. The van der Waals surface area contributed by atoms with Gasteiger partial charge in [-0.25, -0.2) is 14.8 Å². The standard InChI is InChI=1S/C14H24N2O4/c1-10-9-11(10)12(17)15-5-7-19-8-6-16(15)13(18)20-14(2,3)4/h10-11H,5-9H2,1-4H3. The van der Waals surface area contributed by atoms with Crippen molar-refractivity contribution in [3.05, 3.63) is 0 Å². The van der Waals surface area contributed by atoms with Crippen LogP contribution in [0.5, 0.6) is 0 Å². The third-order valence-corrected chi connectivity index (χ3v) is 3.47. The molecule has 20 heavy (non-hydrogen) atoms. The monoisotopic (exact) mass is 284 g/mol. The molecule has 0 aromatic heterocycles. The summed E-state index contributed by atoms with van der Waals surface area (Å²) < 4.78 is 10.7. The van der Waals surface area contributed by atoms with E-state index in [9.17, 15) is 9.59 Å². The van der Waals surface area contributed by atoms with Crippen molar-refractivity contribution in [2.45, 2.75) is 39.7 Å². The molecule has 0 radical (unpaired) electrons. The number of carbonyl (C=O) groups is 2. The highest BCUT2D eigenvalue weighted by molar-refractivity contribution is 5.83. The molecule has 0 spiro atoms. The molecule has 114 valence electrons. The minimum atomic E-state index is -0.578. The van der Waals surface area contributed by atoms with Crippen LogP contribution in [0.15, 0.2) is 0 Å². The third kappa shape index (κ3) is 3.62. The van der Waals surface area contributed by atoms with Crippen molar-refractivity contribution < 1.29 is 19.1 Å². The molecule has 2 atom stereocenters. The van der Waals surface area contributed by atoms with Crippen LogP contribution in [0.1, 0.15) is 34.1 Å². The lowest BCUT2D eigenvalue weighted by molar-refractivity contribution is -0.148. The van der Waals surface area contributed by atoms with Crippen molar-refractivity contribution in [3.8, 4) is 0 Å². The van der Waals surface area contributed by atoms with Gasteiger partial charge in [-0.1, -0.05) is 6.92 Å². The zero-order valence-corrected chi connectivity index (χ0v) is 12.7. The maximum absolute atomic E-state index is 12.4. The number of rotatable bonds is 1. The molecule has 0 aromatic carbocycles. The molecule has 1 saturated heterocycles. The Bertz CT molecular complexity index is 391. The van der Waals surface area contributed by atoms with Crippen LogP contribution in [-0.4, -0.2) is 53.9 Å². The molecule has 2 aliphatic rings. The van der Waals surface area contributed by atoms with Gasteiger partial charge >= 0.3 is 6.09 Å². The van der Waals surface area contributed by atoms with Gasteiger partial charge < -0.3 is 9.47 Å². The molecule has 6 nitrogen and oxygen atoms in total. The summed E-state index contributed by atoms with van der Waals surface area (Å²) in [6.07, 6.45) is 0.419. The fourth-order valence-electron chi connectivity index (χ4n) is 2.24. The molecule has 2 fully saturated rings. The first-order chi connectivity index (χ1) is 9.29. The van der Waals surface area contributed by atoms with E-state index in [1.54, 1.807) is 0 Å². The van der Waals surface area contributed by atoms with E-state index in [4.69, 9.17) is 9.47 Å². The number of carbonyl (C=O) groups excluding carboxylic acids is 2. The van der Waals surface area contributed by atoms with Gasteiger partial charge in [0.1, 0.15) is 5.60 Å². The van der Waals surface area contributed by atoms with Gasteiger partial charge in [-0.3, -0.25) is 4.79 Å². The second kappa shape index (κ2) is 5.60. The number of amides is 2. The normalized spacial score (nSPS) is 27.0. The molecule has 1 aliphatic heterocycles. The molecule has 1 aliphatic carbocycles. The van der Waals surface area contributed by atoms with E-state index in [0.29, 0.717) is 32.2 Å². The summed E-state index contributed by atoms with van der Waals surface area (Å²) >= 11 is 0. The zero-order valence-electron chi connectivity index (χ0n) is 12.7. The van der Waals surface area contributed by atoms with Crippen molar-refractivity contribution in [2.75, 3.05) is 26.3 Å². The summed E-state index contributed by atoms with van der Waals surface area (Å²) in [5, 5.41) is 2.90. The highest BCUT2D eigenvalue weighted by Gasteiger charge is 2.44. The van der Waals surface area contributed by atoms with E-state index in [1.165, 1.54) is 10.0 Å². The number of nitrogens with zero attached hydrogens (tertiary/aromatic N) is 2. The molecular weight excluding hydrogens is 260 g/mol. The van der Waals surface area contributed by atoms with Gasteiger partial charge in [-0.15, -0.1) is 0 Å². The summed E-state index contributed by atoms with van der Waals surface area (Å²) in [4.78, 5) is 24.7. The second-order valence-electron chi connectivity index (χ2n) is 6.50. The third-order valence-electron chi connectivity index (χ3n) is 3.47. The average molecular weight is 284 g/mol. The first-order valence-electron chi connectivity index (χ1n) is 7.19. The van der Waals surface area contributed by atoms with E-state index in [0.717, 1.165) is 6.42 Å². The van der Waals surface area contributed by atoms with Crippen LogP contribution in [-0.2, 0) is 14.3 Å². The molecule has 2 rings (SSSR count). The fraction of sp³-hybridized carbons (Fsp3) is 0.857. The van der Waals surface area contributed by atoms with E-state index < -0.39 is 11.7 Å². The second-order valence-corrected chi connectivity index (χ2v) is 6.50. The largest absolute Gasteiger partial charge is 0.442 e. The summed E-state index contributed by atoms with van der Waals surface area (Å²) in [5.41, 5.74) is -0.578. The van der Waals surface area contributed by atoms with Crippen LogP contribution in [0, 0.1) is 11.8 Å². The van der Waals surface area contributed by atoms with Crippen molar-refractivity contribution in [2.24, 2.45) is 11.8 Å². The molecule has 1 heterocycles. The zero-order chi connectivity index (χ0) is 14.9. The first-order valence-corrected chi connectivity index (χ1v) is 7.19. The van der Waals surface area contributed by atoms with Gasteiger partial charge in [-0.05, 0) is 33.1 Å². The molecule has 2 amide bonds. The van der Waals surface area contributed by atoms with Gasteiger partial charge in [0.25, 0.3) is 0 Å². The van der Waals surface area contributed by atoms with E-state index in [2.05, 4.69) is 6.92 Å². The summed E-state index contributed by atoms with van der Waals surface area (Å²) in [6.45, 7) is 9.12. The summed E-state index contributed by atoms with van der Waals surface area (Å²) in [7, 11) is 0. The minimum Gasteiger partial charge on any atom is -0.442 e. The number of hydrogen-bond donors (Lipinski definition) is 0. The van der Waals surface area contributed by atoms with Crippen LogP contribution in [0.2, 0.25) is 0 Å². The Labute approximate surface area is 120 Å². The van der Waals surface area contributed by atoms with Crippen LogP contribution < -0.4 is 0 Å². The highest BCUT2D eigenvalue weighted by Crippen LogP contribution is 2.39. The molecule has 0 aromatic rings. The minimum absolute atomic E-state index is 0.00820. The van der Waals surface area contributed by atoms with Gasteiger partial charge in [0, 0.05) is 5.92 Å². The smallest absolute Gasteiger partial charge is 0.429 e. The van der Waals surface area contributed by atoms with Gasteiger partial charge in [0.05, 0.1) is 26.3 Å². The SMILES string of the molecule is CC1CC1C(=O)N1CCOCCN1C(=O)OC(C)(C)C. The Morgan fingerprint density at radius 1 is 1.15 bits per heavy atom. The Balaban J connectivity index is 2.08. The fourth-order valence-corrected chi connectivity index (χ4v) is 2.24. The van der Waals surface area contributed by atoms with Gasteiger partial charge in [-0.2, -0.15) is 0 Å². The molecule has 0 bridgehead atoms. The molecule has 6 heteroatoms. The van der Waals surface area contributed by atoms with Gasteiger partial charge in [0.15, 0.2) is 0 Å². The van der Waals surface area contributed by atoms with E-state index in [1.807, 2.05) is 20.8 Å². The Morgan fingerprint density at radius 2 is 1.70 bits per heavy atom. The Hall–Kier alpha value is -1.30. The maximum Gasteiger partial charge on any atom is 0.429 e. The Morgan fingerprint density at radius 3 is 2.20 bits per heavy atom. The number of hydrogen-bond acceptors (Lipinski definition) is 4. The van der Waals surface area contributed by atoms with Crippen LogP contribution in [0.25, 0.3) is 0 Å². The van der Waals surface area contributed by atoms with Crippen LogP contribution in [0.4, 0.5) is 4.79 Å². The van der Waals surface area contributed by atoms with Crippen LogP contribution in [0.3, 0.4) is 0 Å². The quantitative estimate of drug-likeness (QED) is 0.734. The predicted octanol–water partition coefficient (Wildman–Crippen LogP) is 1.65. The lowest BCUT2D eigenvalue weighted by Gasteiger charge is -2.34. The van der Waals surface area contributed by atoms with Gasteiger partial charge in [0.2, 0.25) is 5.91 Å². The van der Waals surface area contributed by atoms with E-state index >= 15 is 0 Å². The number of ether oxygens (including phenoxy) is 2. The van der Waals surface area contributed by atoms with Crippen molar-refractivity contribution in [1.29, 1.82) is 0 Å². The Kier molecular flexibility index (Phi) is 4.22. The lowest BCUT2D eigenvalue weighted by atomic mass is 10.2. The molecule has 0 N–H and O–H groups in total. The number of hydrazine groups is 1. The van der Waals surface area contributed by atoms with E-state index in [-0.39, 0.29) is 11.8 Å². The van der Waals surface area contributed by atoms with Crippen LogP contribution >= 0.6 is 0 Å². The van der Waals surface area contributed by atoms with Crippen molar-refractivity contribution >= 4 is 12.0 Å². The summed E-state index contributed by atoms with van der Waals surface area (Å²) in [6, 6.07) is 0. The molecule has 1 saturated carbocycles.